The molecule has 1 aromatic rings. The second-order valence-corrected chi connectivity index (χ2v) is 9.70. The smallest absolute Gasteiger partial charge is 0.193 e. The summed E-state index contributed by atoms with van der Waals surface area (Å²) in [5.41, 5.74) is 1.22. The molecule has 1 aromatic carbocycles. The van der Waals surface area contributed by atoms with E-state index in [9.17, 15) is 0 Å². The molecule has 0 N–H and O–H groups in total. The third kappa shape index (κ3) is 2.84. The van der Waals surface area contributed by atoms with Gasteiger partial charge in [-0.25, -0.2) is 0 Å². The first-order valence-electron chi connectivity index (χ1n) is 4.14. The van der Waals surface area contributed by atoms with Crippen molar-refractivity contribution in [2.45, 2.75) is 19.0 Å². The van der Waals surface area contributed by atoms with Crippen molar-refractivity contribution in [1.29, 1.82) is 0 Å². The van der Waals surface area contributed by atoms with E-state index >= 15 is 0 Å². The lowest BCUT2D eigenvalue weighted by molar-refractivity contribution is 0.779. The summed E-state index contributed by atoms with van der Waals surface area (Å²) in [5.74, 6) is 0. The molecule has 0 aliphatic rings. The largest absolute Gasteiger partial charge is 0.272 e. The lowest BCUT2D eigenvalue weighted by Crippen LogP contribution is -2.13. The van der Waals surface area contributed by atoms with Gasteiger partial charge in [0.1, 0.15) is 0 Å². The van der Waals surface area contributed by atoms with Crippen LogP contribution in [0.4, 0.5) is 0 Å². The Morgan fingerprint density at radius 2 is 1.85 bits per heavy atom. The topological polar surface area (TPSA) is 0 Å². The Hall–Kier alpha value is 0.735. The van der Waals surface area contributed by atoms with Gasteiger partial charge in [-0.2, -0.15) is 11.5 Å². The van der Waals surface area contributed by atoms with Gasteiger partial charge in [0.05, 0.1) is 0 Å². The molecule has 0 saturated heterocycles. The van der Waals surface area contributed by atoms with Gasteiger partial charge in [-0.1, -0.05) is 66.2 Å². The van der Waals surface area contributed by atoms with E-state index in [1.165, 1.54) is 5.56 Å². The summed E-state index contributed by atoms with van der Waals surface area (Å²) >= 11 is 8.39. The molecule has 0 amide bonds. The Morgan fingerprint density at radius 1 is 1.31 bits per heavy atom. The molecule has 0 bridgehead atoms. The molecule has 13 heavy (non-hydrogen) atoms. The van der Waals surface area contributed by atoms with Gasteiger partial charge in [0.25, 0.3) is 6.41 Å². The molecule has 0 aliphatic heterocycles. The second-order valence-electron chi connectivity index (χ2n) is 3.41. The first-order chi connectivity index (χ1) is 6.09. The zero-order valence-corrected chi connectivity index (χ0v) is 11.6. The fraction of sp³-hybridized carbons (Fsp3) is 0.333. The fourth-order valence-corrected chi connectivity index (χ4v) is 3.60. The summed E-state index contributed by atoms with van der Waals surface area (Å²) in [6.07, 6.45) is 0.762. The number of hydrogen-bond donors (Lipinski definition) is 0. The van der Waals surface area contributed by atoms with Crippen molar-refractivity contribution in [2.75, 3.05) is 0 Å². The molecular formula is C9H12BClIP. The summed E-state index contributed by atoms with van der Waals surface area (Å²) in [6.45, 7) is 4.53. The summed E-state index contributed by atoms with van der Waals surface area (Å²) < 4.78 is 0. The SMILES string of the molecule is CC(C)(c1ccccc1)P(I)BCl. The molecule has 0 saturated carbocycles. The highest BCUT2D eigenvalue weighted by molar-refractivity contribution is 14.2. The second kappa shape index (κ2) is 5.00. The standard InChI is InChI=1S/C9H12BClIP/c1-9(2,13(12)10-11)8-6-4-3-5-7-8/h3-7,10H,1-2H3. The maximum Gasteiger partial charge on any atom is 0.272 e. The maximum atomic E-state index is 5.91. The molecule has 4 heteroatoms. The molecule has 0 spiro atoms. The molecule has 1 unspecified atom stereocenters. The average molecular weight is 324 g/mol. The summed E-state index contributed by atoms with van der Waals surface area (Å²) in [4.78, 5) is 0. The molecular weight excluding hydrogens is 312 g/mol. The van der Waals surface area contributed by atoms with E-state index in [0.29, 0.717) is 0 Å². The minimum atomic E-state index is -0.162. The van der Waals surface area contributed by atoms with Crippen LogP contribution < -0.4 is 0 Å². The van der Waals surface area contributed by atoms with Crippen LogP contribution in [-0.2, 0) is 5.16 Å². The predicted molar refractivity (Wildman–Crippen MR) is 73.4 cm³/mol. The van der Waals surface area contributed by atoms with E-state index in [2.05, 4.69) is 66.2 Å². The third-order valence-corrected chi connectivity index (χ3v) is 10.4. The van der Waals surface area contributed by atoms with Crippen molar-refractivity contribution < 1.29 is 0 Å². The lowest BCUT2D eigenvalue weighted by atomic mass is 10.0. The van der Waals surface area contributed by atoms with Crippen LogP contribution in [0.5, 0.6) is 0 Å². The quantitative estimate of drug-likeness (QED) is 0.443. The summed E-state index contributed by atoms with van der Waals surface area (Å²) in [6, 6.07) is 10.6. The molecule has 0 aromatic heterocycles. The highest BCUT2D eigenvalue weighted by atomic mass is 127. The fourth-order valence-electron chi connectivity index (χ4n) is 1.14. The Balaban J connectivity index is 2.93. The van der Waals surface area contributed by atoms with Gasteiger partial charge in [0, 0.05) is 5.16 Å². The van der Waals surface area contributed by atoms with Crippen LogP contribution in [-0.4, -0.2) is 6.41 Å². The summed E-state index contributed by atoms with van der Waals surface area (Å²) in [7, 11) is 0. The van der Waals surface area contributed by atoms with E-state index in [1.54, 1.807) is 0 Å². The highest BCUT2D eigenvalue weighted by Crippen LogP contribution is 2.61. The van der Waals surface area contributed by atoms with Crippen molar-refractivity contribution >= 4 is 45.4 Å². The first kappa shape index (κ1) is 11.8. The molecule has 1 rings (SSSR count). The van der Waals surface area contributed by atoms with Crippen molar-refractivity contribution in [2.24, 2.45) is 0 Å². The van der Waals surface area contributed by atoms with E-state index < -0.39 is 0 Å². The van der Waals surface area contributed by atoms with Crippen LogP contribution in [0.15, 0.2) is 30.3 Å². The van der Waals surface area contributed by atoms with Gasteiger partial charge in [0.2, 0.25) is 0 Å². The van der Waals surface area contributed by atoms with Crippen LogP contribution >= 0.6 is 38.9 Å². The molecule has 1 atom stereocenters. The average Bonchev–Trinajstić information content (AvgIpc) is 2.18. The number of hydrogen-bond acceptors (Lipinski definition) is 0. The van der Waals surface area contributed by atoms with Crippen molar-refractivity contribution in [3.8, 4) is 0 Å². The van der Waals surface area contributed by atoms with E-state index in [4.69, 9.17) is 11.5 Å². The Labute approximate surface area is 99.8 Å². The van der Waals surface area contributed by atoms with Crippen LogP contribution in [0.3, 0.4) is 0 Å². The van der Waals surface area contributed by atoms with Gasteiger partial charge < -0.3 is 0 Å². The van der Waals surface area contributed by atoms with Gasteiger partial charge in [-0.05, 0) is 11.0 Å². The van der Waals surface area contributed by atoms with E-state index in [0.717, 1.165) is 6.41 Å². The third-order valence-electron chi connectivity index (χ3n) is 2.19. The highest BCUT2D eigenvalue weighted by Gasteiger charge is 2.28. The Kier molecular flexibility index (Phi) is 4.54. The number of halogens is 2. The normalized spacial score (nSPS) is 13.8. The molecule has 0 nitrogen and oxygen atoms in total. The molecule has 0 fully saturated rings. The van der Waals surface area contributed by atoms with Gasteiger partial charge in [-0.15, -0.1) is 0 Å². The molecule has 0 radical (unpaired) electrons. The van der Waals surface area contributed by atoms with E-state index in [1.807, 2.05) is 0 Å². The molecule has 70 valence electrons. The van der Waals surface area contributed by atoms with Gasteiger partial charge >= 0.3 is 0 Å². The summed E-state index contributed by atoms with van der Waals surface area (Å²) in [5, 5.41) is 0.221. The van der Waals surface area contributed by atoms with E-state index in [-0.39, 0.29) is 10.6 Å². The Morgan fingerprint density at radius 3 is 2.31 bits per heavy atom. The minimum absolute atomic E-state index is 0.162. The van der Waals surface area contributed by atoms with Crippen molar-refractivity contribution in [3.63, 3.8) is 0 Å². The van der Waals surface area contributed by atoms with Crippen LogP contribution in [0.2, 0.25) is 0 Å². The lowest BCUT2D eigenvalue weighted by Gasteiger charge is -2.29. The van der Waals surface area contributed by atoms with Gasteiger partial charge in [-0.3, -0.25) is 0 Å². The maximum absolute atomic E-state index is 5.91. The molecule has 0 aliphatic carbocycles. The number of benzene rings is 1. The van der Waals surface area contributed by atoms with Crippen molar-refractivity contribution in [1.82, 2.24) is 0 Å². The first-order valence-corrected chi connectivity index (χ1v) is 8.98. The monoisotopic (exact) mass is 324 g/mol. The Bertz CT molecular complexity index is 266. The van der Waals surface area contributed by atoms with Crippen molar-refractivity contribution in [3.05, 3.63) is 35.9 Å². The van der Waals surface area contributed by atoms with Gasteiger partial charge in [0.15, 0.2) is 0 Å². The zero-order valence-electron chi connectivity index (χ0n) is 7.80. The van der Waals surface area contributed by atoms with Crippen LogP contribution in [0.1, 0.15) is 19.4 Å². The molecule has 0 heterocycles. The van der Waals surface area contributed by atoms with Crippen LogP contribution in [0.25, 0.3) is 0 Å². The van der Waals surface area contributed by atoms with Crippen LogP contribution in [0, 0.1) is 0 Å². The minimum Gasteiger partial charge on any atom is -0.193 e. The zero-order chi connectivity index (χ0) is 9.90. The number of rotatable bonds is 3. The predicted octanol–water partition coefficient (Wildman–Crippen LogP) is 4.26.